The van der Waals surface area contributed by atoms with E-state index >= 15 is 0 Å². The second kappa shape index (κ2) is 16.2. The molecule has 0 fully saturated rings. The van der Waals surface area contributed by atoms with Gasteiger partial charge in [0.2, 0.25) is 0 Å². The first kappa shape index (κ1) is 36.0. The molecule has 4 rings (SSSR count). The first-order valence-electron chi connectivity index (χ1n) is 12.2. The van der Waals surface area contributed by atoms with Gasteiger partial charge in [0, 0.05) is 22.2 Å². The molecule has 0 spiro atoms. The van der Waals surface area contributed by atoms with Gasteiger partial charge in [-0.3, -0.25) is 9.97 Å². The maximum Gasteiger partial charge on any atom is -0.423 e. The van der Waals surface area contributed by atoms with E-state index in [4.69, 9.17) is 31.0 Å². The van der Waals surface area contributed by atoms with E-state index in [-0.39, 0.29) is 0 Å². The number of aryl methyl sites for hydroxylation is 8. The van der Waals surface area contributed by atoms with Crippen LogP contribution in [0.2, 0.25) is 0 Å². The van der Waals surface area contributed by atoms with Crippen LogP contribution in [0.1, 0.15) is 67.0 Å². The van der Waals surface area contributed by atoms with E-state index < -0.39 is 19.6 Å². The summed E-state index contributed by atoms with van der Waals surface area (Å²) in [4.78, 5) is 23.9. The van der Waals surface area contributed by atoms with Crippen LogP contribution in [-0.2, 0) is 19.6 Å². The van der Waals surface area contributed by atoms with E-state index in [0.29, 0.717) is 0 Å². The second-order valence-electron chi connectivity index (χ2n) is 9.63. The molecule has 0 aliphatic carbocycles. The number of hydrogen-bond acceptors (Lipinski definition) is 4. The Labute approximate surface area is 240 Å². The fourth-order valence-electron chi connectivity index (χ4n) is 4.69. The Hall–Kier alpha value is -2.99. The van der Waals surface area contributed by atoms with Crippen molar-refractivity contribution in [3.8, 4) is 0 Å². The Morgan fingerprint density at radius 2 is 0.718 bits per heavy atom. The van der Waals surface area contributed by atoms with Gasteiger partial charge in [-0.2, -0.15) is 0 Å². The van der Waals surface area contributed by atoms with Crippen molar-refractivity contribution in [1.29, 1.82) is 0 Å². The van der Waals surface area contributed by atoms with Crippen LogP contribution in [0.5, 0.6) is 0 Å². The molecular formula is C30H38F2N4O2W-2. The summed E-state index contributed by atoms with van der Waals surface area (Å²) in [6.45, 7) is 26.0. The second-order valence-corrected chi connectivity index (χ2v) is 10.0. The van der Waals surface area contributed by atoms with Crippen LogP contribution in [-0.4, -0.2) is 9.97 Å². The molecule has 2 aromatic heterocycles. The molecule has 6 nitrogen and oxygen atoms in total. The molecule has 0 radical (unpaired) electrons. The third-order valence-electron chi connectivity index (χ3n) is 7.81. The first-order chi connectivity index (χ1) is 18.3. The monoisotopic (exact) mass is 708 g/mol. The average molecular weight is 708 g/mol. The minimum absolute atomic E-state index is 1.14. The molecule has 0 bridgehead atoms. The number of hydrogen-bond donors (Lipinski definition) is 0. The predicted molar refractivity (Wildman–Crippen MR) is 156 cm³/mol. The molecule has 2 aromatic carbocycles. The van der Waals surface area contributed by atoms with Crippen LogP contribution >= 0.6 is 0 Å². The van der Waals surface area contributed by atoms with E-state index in [1.165, 1.54) is 66.4 Å². The summed E-state index contributed by atoms with van der Waals surface area (Å²) in [5.41, 5.74) is 29.7. The van der Waals surface area contributed by atoms with Gasteiger partial charge in [0.05, 0.1) is 11.0 Å². The smallest absolute Gasteiger partial charge is 0.423 e. The van der Waals surface area contributed by atoms with Crippen LogP contribution < -0.4 is 0 Å². The van der Waals surface area contributed by atoms with Crippen LogP contribution in [0.25, 0.3) is 33.0 Å². The van der Waals surface area contributed by atoms with Gasteiger partial charge >= 0.3 is 25.9 Å². The molecule has 2 heterocycles. The number of pyridine rings is 2. The molecular weight excluding hydrogens is 670 g/mol. The molecule has 9 heteroatoms. The standard InChI is InChI=1S/2C15H19N.2FH.2NO.W/c2*1-8-7-14-15(11(4)9(8)2)12(5)10(3)13(6)16-14;;;2*1-2;/h2*7H,1-6H3;2*1H;;;/q;;;;2*-1;+2/p-2. The normalized spacial score (nSPS) is 9.79. The van der Waals surface area contributed by atoms with Crippen LogP contribution in [0.15, 0.2) is 12.1 Å². The minimum Gasteiger partial charge on any atom is -0.577 e. The fraction of sp³-hybridized carbons (Fsp3) is 0.400. The molecule has 0 N–H and O–H groups in total. The zero-order valence-corrected chi connectivity index (χ0v) is 27.9. The third-order valence-corrected chi connectivity index (χ3v) is 7.81. The number of rotatable bonds is 0. The summed E-state index contributed by atoms with van der Waals surface area (Å²) in [6, 6.07) is 4.41. The van der Waals surface area contributed by atoms with Gasteiger partial charge < -0.3 is 21.0 Å². The number of benzene rings is 2. The maximum atomic E-state index is 9.79. The van der Waals surface area contributed by atoms with Gasteiger partial charge in [-0.05, 0) is 151 Å². The number of halogens is 2. The Morgan fingerprint density at radius 3 is 0.974 bits per heavy atom. The maximum absolute atomic E-state index is 9.79. The summed E-state index contributed by atoms with van der Waals surface area (Å²) < 4.78 is 19.6. The molecule has 39 heavy (non-hydrogen) atoms. The van der Waals surface area contributed by atoms with E-state index in [1.807, 2.05) is 0 Å². The van der Waals surface area contributed by atoms with Crippen molar-refractivity contribution in [2.45, 2.75) is 83.1 Å². The summed E-state index contributed by atoms with van der Waals surface area (Å²) in [5, 5.41) is 2.68. The molecule has 0 atom stereocenters. The average Bonchev–Trinajstić information content (AvgIpc) is 2.91. The van der Waals surface area contributed by atoms with Gasteiger partial charge in [0.15, 0.2) is 0 Å². The predicted octanol–water partition coefficient (Wildman–Crippen LogP) is 9.65. The third kappa shape index (κ3) is 8.01. The Morgan fingerprint density at radius 1 is 0.487 bits per heavy atom. The molecule has 0 aliphatic heterocycles. The fourth-order valence-corrected chi connectivity index (χ4v) is 4.69. The molecule has 0 saturated carbocycles. The summed E-state index contributed by atoms with van der Waals surface area (Å²) in [5.74, 6) is 0. The van der Waals surface area contributed by atoms with Crippen molar-refractivity contribution >= 4 is 21.8 Å². The number of fused-ring (bicyclic) bond motifs is 2. The summed E-state index contributed by atoms with van der Waals surface area (Å²) in [7, 11) is 0. The van der Waals surface area contributed by atoms with Crippen LogP contribution in [0, 0.1) is 92.9 Å². The van der Waals surface area contributed by atoms with Crippen molar-refractivity contribution in [2.75, 3.05) is 0 Å². The Balaban J connectivity index is 0.000000603. The molecule has 4 aromatic rings. The minimum atomic E-state index is -2.75. The number of nitroso groups, excluding NO2 is 2. The molecule has 212 valence electrons. The molecule has 0 unspecified atom stereocenters. The zero-order valence-electron chi connectivity index (χ0n) is 24.9. The van der Waals surface area contributed by atoms with Crippen molar-refractivity contribution in [3.05, 3.63) is 100 Å². The number of nitrogens with zero attached hydrogens (tertiary/aromatic N) is 4. The van der Waals surface area contributed by atoms with E-state index in [2.05, 4.69) is 95.2 Å². The zero-order chi connectivity index (χ0) is 30.8. The largest absolute Gasteiger partial charge is 0.577 e. The van der Waals surface area contributed by atoms with Crippen molar-refractivity contribution in [1.82, 2.24) is 9.97 Å². The summed E-state index contributed by atoms with van der Waals surface area (Å²) in [6.07, 6.45) is 0. The summed E-state index contributed by atoms with van der Waals surface area (Å²) >= 11 is -2.75. The van der Waals surface area contributed by atoms with Crippen molar-refractivity contribution < 1.29 is 25.9 Å². The Kier molecular flexibility index (Phi) is 14.9. The SMILES string of the molecule is Cc1cc2nc(C)c(C)c(C)c2c(C)c1C.Cc1cc2nc(C)c(C)c(C)c2c(C)c1C.[F][W][F].[N-]=O.[N-]=O. The van der Waals surface area contributed by atoms with E-state index in [9.17, 15) is 6.32 Å². The van der Waals surface area contributed by atoms with E-state index in [1.54, 1.807) is 0 Å². The van der Waals surface area contributed by atoms with Gasteiger partial charge in [-0.25, -0.2) is 0 Å². The quantitative estimate of drug-likeness (QED) is 0.181. The van der Waals surface area contributed by atoms with Crippen LogP contribution in [0.3, 0.4) is 0 Å². The Bertz CT molecular complexity index is 1250. The van der Waals surface area contributed by atoms with Crippen LogP contribution in [0.4, 0.5) is 6.32 Å². The number of aromatic nitrogens is 2. The molecule has 0 saturated heterocycles. The van der Waals surface area contributed by atoms with E-state index in [0.717, 1.165) is 22.4 Å². The van der Waals surface area contributed by atoms with Crippen molar-refractivity contribution in [2.24, 2.45) is 0 Å². The topological polar surface area (TPSA) is 105 Å². The van der Waals surface area contributed by atoms with Gasteiger partial charge in [-0.15, -0.1) is 0 Å². The van der Waals surface area contributed by atoms with Gasteiger partial charge in [-0.1, -0.05) is 0 Å². The molecule has 0 aliphatic rings. The van der Waals surface area contributed by atoms with Gasteiger partial charge in [0.25, 0.3) is 0 Å². The first-order valence-corrected chi connectivity index (χ1v) is 14.4. The van der Waals surface area contributed by atoms with Gasteiger partial charge in [0.1, 0.15) is 0 Å². The molecule has 0 amide bonds. The van der Waals surface area contributed by atoms with Crippen molar-refractivity contribution in [3.63, 3.8) is 0 Å².